The molecule has 0 aromatic heterocycles. The number of benzene rings is 1. The van der Waals surface area contributed by atoms with E-state index >= 15 is 0 Å². The van der Waals surface area contributed by atoms with Crippen molar-refractivity contribution in [3.8, 4) is 0 Å². The van der Waals surface area contributed by atoms with Crippen LogP contribution >= 0.6 is 0 Å². The van der Waals surface area contributed by atoms with E-state index in [4.69, 9.17) is 15.2 Å². The van der Waals surface area contributed by atoms with Crippen LogP contribution in [0.5, 0.6) is 0 Å². The molecule has 3 N–H and O–H groups in total. The predicted octanol–water partition coefficient (Wildman–Crippen LogP) is 2.85. The average molecular weight is 528 g/mol. The number of carbonyl (C=O) groups is 4. The number of esters is 1. The molecule has 0 radical (unpaired) electrons. The molecule has 0 spiro atoms. The van der Waals surface area contributed by atoms with Gasteiger partial charge in [0.15, 0.2) is 5.78 Å². The highest BCUT2D eigenvalue weighted by molar-refractivity contribution is 5.97. The van der Waals surface area contributed by atoms with Crippen molar-refractivity contribution in [3.05, 3.63) is 35.9 Å². The molecule has 3 unspecified atom stereocenters. The van der Waals surface area contributed by atoms with Crippen LogP contribution in [0.3, 0.4) is 0 Å². The van der Waals surface area contributed by atoms with Gasteiger partial charge in [-0.3, -0.25) is 14.4 Å². The highest BCUT2D eigenvalue weighted by Crippen LogP contribution is 2.64. The third kappa shape index (κ3) is 5.44. The molecule has 4 atom stereocenters. The Labute approximate surface area is 224 Å². The maximum atomic E-state index is 14.5. The number of nitrogens with two attached hydrogens (primary N) is 1. The molecule has 9 heteroatoms. The first kappa shape index (κ1) is 28.1. The van der Waals surface area contributed by atoms with E-state index in [9.17, 15) is 19.2 Å². The van der Waals surface area contributed by atoms with Crippen molar-refractivity contribution in [1.82, 2.24) is 10.2 Å². The molecule has 0 heterocycles. The zero-order valence-corrected chi connectivity index (χ0v) is 23.1. The molecule has 0 aliphatic heterocycles. The van der Waals surface area contributed by atoms with Crippen LogP contribution < -0.4 is 11.1 Å². The monoisotopic (exact) mass is 527 g/mol. The number of likely N-dealkylation sites (N-methyl/N-ethyl adjacent to an activating group) is 1. The molecule has 5 rings (SSSR count). The lowest BCUT2D eigenvalue weighted by Gasteiger charge is -2.63. The molecule has 9 nitrogen and oxygen atoms in total. The summed E-state index contributed by atoms with van der Waals surface area (Å²) in [6.07, 6.45) is 3.13. The van der Waals surface area contributed by atoms with E-state index in [1.165, 1.54) is 12.0 Å². The van der Waals surface area contributed by atoms with Crippen LogP contribution in [0.1, 0.15) is 58.4 Å². The number of hydrogen-bond acceptors (Lipinski definition) is 7. The molecule has 4 aliphatic carbocycles. The lowest BCUT2D eigenvalue weighted by Crippen LogP contribution is -2.72. The molecule has 0 saturated heterocycles. The van der Waals surface area contributed by atoms with Crippen molar-refractivity contribution in [3.63, 3.8) is 0 Å². The number of alkyl carbamates (subject to hydrolysis) is 1. The number of ether oxygens (including phenoxy) is 2. The minimum absolute atomic E-state index is 0.214. The fourth-order valence-corrected chi connectivity index (χ4v) is 7.50. The van der Waals surface area contributed by atoms with E-state index in [1.807, 2.05) is 30.3 Å². The van der Waals surface area contributed by atoms with Gasteiger partial charge < -0.3 is 25.4 Å². The first-order chi connectivity index (χ1) is 17.8. The van der Waals surface area contributed by atoms with Gasteiger partial charge in [0, 0.05) is 12.6 Å². The van der Waals surface area contributed by atoms with Crippen molar-refractivity contribution in [2.75, 3.05) is 20.7 Å². The quantitative estimate of drug-likeness (QED) is 0.498. The Balaban J connectivity index is 1.63. The number of Topliss-reactive ketones (excluding diaryl/α,β-unsaturated/α-hetero) is 1. The maximum Gasteiger partial charge on any atom is 0.408 e. The fourth-order valence-electron chi connectivity index (χ4n) is 7.50. The Morgan fingerprint density at radius 3 is 2.24 bits per heavy atom. The number of hydrogen-bond donors (Lipinski definition) is 2. The minimum Gasteiger partial charge on any atom is -0.469 e. The Morgan fingerprint density at radius 2 is 1.68 bits per heavy atom. The smallest absolute Gasteiger partial charge is 0.408 e. The molecule has 208 valence electrons. The highest BCUT2D eigenvalue weighted by Gasteiger charge is 2.68. The molecule has 4 bridgehead atoms. The van der Waals surface area contributed by atoms with Crippen molar-refractivity contribution in [1.29, 1.82) is 0 Å². The minimum atomic E-state index is -0.974. The van der Waals surface area contributed by atoms with E-state index in [0.29, 0.717) is 37.5 Å². The van der Waals surface area contributed by atoms with Gasteiger partial charge in [-0.1, -0.05) is 30.3 Å². The van der Waals surface area contributed by atoms with Gasteiger partial charge >= 0.3 is 12.1 Å². The summed E-state index contributed by atoms with van der Waals surface area (Å²) >= 11 is 0. The van der Waals surface area contributed by atoms with Crippen LogP contribution in [0.4, 0.5) is 4.79 Å². The lowest BCUT2D eigenvalue weighted by molar-refractivity contribution is -0.189. The summed E-state index contributed by atoms with van der Waals surface area (Å²) in [5.41, 5.74) is 5.39. The van der Waals surface area contributed by atoms with Crippen molar-refractivity contribution < 1.29 is 28.7 Å². The van der Waals surface area contributed by atoms with E-state index < -0.39 is 40.5 Å². The van der Waals surface area contributed by atoms with Gasteiger partial charge in [0.2, 0.25) is 5.91 Å². The topological polar surface area (TPSA) is 128 Å². The zero-order chi connectivity index (χ0) is 27.9. The van der Waals surface area contributed by atoms with Crippen molar-refractivity contribution in [2.24, 2.45) is 28.9 Å². The Kier molecular flexibility index (Phi) is 7.63. The van der Waals surface area contributed by atoms with Gasteiger partial charge in [-0.05, 0) is 76.7 Å². The number of carbonyl (C=O) groups excluding carboxylic acids is 4. The highest BCUT2D eigenvalue weighted by atomic mass is 16.6. The summed E-state index contributed by atoms with van der Waals surface area (Å²) < 4.78 is 10.5. The summed E-state index contributed by atoms with van der Waals surface area (Å²) in [6, 6.07) is 8.59. The summed E-state index contributed by atoms with van der Waals surface area (Å²) in [5, 5.41) is 2.49. The number of methoxy groups -OCH3 is 1. The van der Waals surface area contributed by atoms with Crippen LogP contribution in [-0.4, -0.2) is 66.5 Å². The average Bonchev–Trinajstić information content (AvgIpc) is 2.83. The summed E-state index contributed by atoms with van der Waals surface area (Å²) in [5.74, 6) is -1.20. The van der Waals surface area contributed by atoms with Gasteiger partial charge in [-0.2, -0.15) is 0 Å². The van der Waals surface area contributed by atoms with Gasteiger partial charge in [0.25, 0.3) is 0 Å². The molecule has 1 aromatic carbocycles. The Hall–Kier alpha value is -2.94. The van der Waals surface area contributed by atoms with Crippen molar-refractivity contribution >= 4 is 23.8 Å². The molecular weight excluding hydrogens is 486 g/mol. The summed E-state index contributed by atoms with van der Waals surface area (Å²) in [7, 11) is 2.93. The first-order valence-corrected chi connectivity index (χ1v) is 13.5. The molecule has 4 fully saturated rings. The molecule has 4 aliphatic rings. The van der Waals surface area contributed by atoms with Crippen LogP contribution in [0.15, 0.2) is 30.3 Å². The van der Waals surface area contributed by atoms with Gasteiger partial charge in [0.1, 0.15) is 12.1 Å². The third-order valence-electron chi connectivity index (χ3n) is 8.56. The van der Waals surface area contributed by atoms with Gasteiger partial charge in [-0.15, -0.1) is 0 Å². The van der Waals surface area contributed by atoms with E-state index in [1.54, 1.807) is 27.8 Å². The lowest BCUT2D eigenvalue weighted by atomic mass is 9.41. The predicted molar refractivity (Wildman–Crippen MR) is 141 cm³/mol. The number of rotatable bonds is 8. The van der Waals surface area contributed by atoms with Crippen LogP contribution in [-0.2, 0) is 30.3 Å². The van der Waals surface area contributed by atoms with E-state index in [0.717, 1.165) is 12.0 Å². The molecule has 4 saturated carbocycles. The zero-order valence-electron chi connectivity index (χ0n) is 23.1. The molecular formula is C29H41N3O6. The summed E-state index contributed by atoms with van der Waals surface area (Å²) in [6.45, 7) is 4.88. The Bertz CT molecular complexity index is 1070. The second kappa shape index (κ2) is 10.3. The number of nitrogens with zero attached hydrogens (tertiary/aromatic N) is 1. The van der Waals surface area contributed by atoms with Crippen molar-refractivity contribution in [2.45, 2.75) is 76.5 Å². The molecule has 1 aromatic rings. The van der Waals surface area contributed by atoms with Crippen LogP contribution in [0.25, 0.3) is 0 Å². The standard InChI is InChI=1S/C29H41N3O6/c1-27(2,3)38-26(36)31-17-22(33)32(4)21(12-18-9-7-6-8-10-18)23(34)24-28(25(35)37-5)13-19-11-20(14-28)16-29(24,30)15-19/h6-10,19-21,24H,11-17,30H2,1-5H3,(H,31,36)/t19?,20?,21-,24?,28?,29?/m0/s1. The second-order valence-electron chi connectivity index (χ2n) is 12.6. The Morgan fingerprint density at radius 1 is 1.08 bits per heavy atom. The van der Waals surface area contributed by atoms with Gasteiger partial charge in [0.05, 0.1) is 24.5 Å². The number of nitrogens with one attached hydrogen (secondary N) is 1. The first-order valence-electron chi connectivity index (χ1n) is 13.5. The van der Waals surface area contributed by atoms with Crippen LogP contribution in [0.2, 0.25) is 0 Å². The number of amides is 2. The third-order valence-corrected chi connectivity index (χ3v) is 8.56. The normalized spacial score (nSPS) is 30.3. The van der Waals surface area contributed by atoms with E-state index in [-0.39, 0.29) is 24.7 Å². The largest absolute Gasteiger partial charge is 0.469 e. The maximum absolute atomic E-state index is 14.5. The van der Waals surface area contributed by atoms with Gasteiger partial charge in [-0.25, -0.2) is 4.79 Å². The molecule has 38 heavy (non-hydrogen) atoms. The second-order valence-corrected chi connectivity index (χ2v) is 12.6. The fraction of sp³-hybridized carbons (Fsp3) is 0.655. The number of ketones is 1. The summed E-state index contributed by atoms with van der Waals surface area (Å²) in [4.78, 5) is 54.7. The van der Waals surface area contributed by atoms with Crippen LogP contribution in [0, 0.1) is 23.2 Å². The SMILES string of the molecule is COC(=O)C12CC3CC(CC(N)(C3)C1C(=O)[C@H](Cc1ccccc1)N(C)C(=O)CNC(=O)OC(C)(C)C)C2. The molecule has 2 amide bonds. The van der Waals surface area contributed by atoms with E-state index in [2.05, 4.69) is 5.32 Å².